The maximum atomic E-state index is 11.0. The minimum atomic E-state index is -0.738. The van der Waals surface area contributed by atoms with Gasteiger partial charge in [0.2, 0.25) is 5.69 Å². The maximum Gasteiger partial charge on any atom is 0.303 e. The number of carboxylic acids is 1. The second-order valence-corrected chi connectivity index (χ2v) is 13.1. The van der Waals surface area contributed by atoms with Crippen molar-refractivity contribution in [3.63, 3.8) is 0 Å². The number of anilines is 1. The van der Waals surface area contributed by atoms with Crippen molar-refractivity contribution < 1.29 is 14.5 Å². The highest BCUT2D eigenvalue weighted by atomic mass is 16.4. The average Bonchev–Trinajstić information content (AvgIpc) is 3.33. The molecule has 0 unspecified atom stereocenters. The van der Waals surface area contributed by atoms with Gasteiger partial charge in [0.1, 0.15) is 7.05 Å². The van der Waals surface area contributed by atoms with E-state index in [9.17, 15) is 10.3 Å². The number of hydrogen-bond acceptors (Lipinski definition) is 3. The molecule has 2 aromatic carbocycles. The van der Waals surface area contributed by atoms with E-state index in [-0.39, 0.29) is 17.3 Å². The Morgan fingerprint density at radius 3 is 2.43 bits per heavy atom. The molecule has 3 aliphatic rings. The van der Waals surface area contributed by atoms with Crippen LogP contribution in [-0.2, 0) is 15.6 Å². The number of benzene rings is 2. The molecule has 2 aromatic rings. The van der Waals surface area contributed by atoms with Gasteiger partial charge in [-0.25, -0.2) is 0 Å². The number of carbonyl (C=O) groups is 1. The van der Waals surface area contributed by atoms with Crippen molar-refractivity contribution >= 4 is 23.1 Å². The lowest BCUT2D eigenvalue weighted by Gasteiger charge is -2.27. The number of rotatable bonds is 10. The van der Waals surface area contributed by atoms with Crippen LogP contribution in [0.3, 0.4) is 0 Å². The predicted octanol–water partition coefficient (Wildman–Crippen LogP) is 9.25. The van der Waals surface area contributed by atoms with Gasteiger partial charge in [0.15, 0.2) is 5.71 Å². The Bertz CT molecular complexity index is 1660. The standard InChI is InChI=1S/C37H43N5O2/c1-36(2)28-16-8-10-18-30(28)41(5)32(36)23-21-26-14-13-15-27(35(26)39-40-38)22-24-33-37(3,4)29-17-9-11-19-31(29)42(33)25-12-6-7-20-34(43)44/h8-11,16-19,21-24H,6-7,12-15,20,25H2,1-5H3/p+1. The van der Waals surface area contributed by atoms with E-state index < -0.39 is 5.97 Å². The van der Waals surface area contributed by atoms with E-state index >= 15 is 0 Å². The number of para-hydroxylation sites is 2. The number of hydrogen-bond donors (Lipinski definition) is 1. The van der Waals surface area contributed by atoms with Gasteiger partial charge in [0, 0.05) is 58.1 Å². The van der Waals surface area contributed by atoms with Crippen LogP contribution in [0.1, 0.15) is 83.8 Å². The number of carboxylic acid groups (broad SMARTS) is 1. The zero-order valence-corrected chi connectivity index (χ0v) is 26.7. The highest BCUT2D eigenvalue weighted by molar-refractivity contribution is 6.03. The van der Waals surface area contributed by atoms with E-state index in [1.165, 1.54) is 33.9 Å². The van der Waals surface area contributed by atoms with E-state index in [1.807, 2.05) is 0 Å². The van der Waals surface area contributed by atoms with Gasteiger partial charge in [-0.15, -0.1) is 0 Å². The molecule has 0 saturated carbocycles. The lowest BCUT2D eigenvalue weighted by Crippen LogP contribution is -2.27. The molecule has 1 aliphatic carbocycles. The van der Waals surface area contributed by atoms with Gasteiger partial charge in [0.25, 0.3) is 0 Å². The number of allylic oxidation sites excluding steroid dienone is 7. The Hall–Kier alpha value is -4.35. The van der Waals surface area contributed by atoms with Crippen LogP contribution in [0.5, 0.6) is 0 Å². The molecule has 0 radical (unpaired) electrons. The molecule has 0 saturated heterocycles. The maximum absolute atomic E-state index is 11.0. The molecular weight excluding hydrogens is 546 g/mol. The summed E-state index contributed by atoms with van der Waals surface area (Å²) in [6, 6.07) is 17.1. The molecule has 0 bridgehead atoms. The average molecular weight is 591 g/mol. The molecule has 44 heavy (non-hydrogen) atoms. The van der Waals surface area contributed by atoms with Crippen molar-refractivity contribution in [3.05, 3.63) is 117 Å². The first-order chi connectivity index (χ1) is 21.1. The summed E-state index contributed by atoms with van der Waals surface area (Å²) in [5, 5.41) is 13.3. The van der Waals surface area contributed by atoms with Crippen molar-refractivity contribution in [3.8, 4) is 0 Å². The summed E-state index contributed by atoms with van der Waals surface area (Å²) < 4.78 is 2.26. The summed E-state index contributed by atoms with van der Waals surface area (Å²) in [7, 11) is 2.12. The SMILES string of the molecule is C[N+]1=C(/C=C/C2=C(N=[N+]=[N-])C(=C/C=C3/N(CCCCCC(=O)O)c4ccccc4C3(C)C)/CCC2)C(C)(C)c2ccccc21. The molecular formula is C37H44N5O2+. The van der Waals surface area contributed by atoms with E-state index in [2.05, 4.69) is 127 Å². The number of nitrogens with zero attached hydrogens (tertiary/aromatic N) is 5. The van der Waals surface area contributed by atoms with E-state index in [1.54, 1.807) is 0 Å². The van der Waals surface area contributed by atoms with Crippen LogP contribution in [-0.4, -0.2) is 35.0 Å². The van der Waals surface area contributed by atoms with Gasteiger partial charge in [-0.3, -0.25) is 4.79 Å². The molecule has 0 spiro atoms. The first-order valence-corrected chi connectivity index (χ1v) is 15.7. The monoisotopic (exact) mass is 590 g/mol. The zero-order valence-electron chi connectivity index (χ0n) is 26.7. The summed E-state index contributed by atoms with van der Waals surface area (Å²) in [5.41, 5.74) is 19.6. The van der Waals surface area contributed by atoms with Crippen LogP contribution < -0.4 is 4.90 Å². The second-order valence-electron chi connectivity index (χ2n) is 13.1. The van der Waals surface area contributed by atoms with Crippen LogP contribution in [0, 0.1) is 0 Å². The first-order valence-electron chi connectivity index (χ1n) is 15.7. The van der Waals surface area contributed by atoms with E-state index in [0.717, 1.165) is 55.5 Å². The minimum Gasteiger partial charge on any atom is -0.481 e. The molecule has 7 heteroatoms. The molecule has 2 aliphatic heterocycles. The van der Waals surface area contributed by atoms with E-state index in [0.29, 0.717) is 6.42 Å². The van der Waals surface area contributed by atoms with Crippen molar-refractivity contribution in [1.29, 1.82) is 0 Å². The molecule has 228 valence electrons. The number of unbranched alkanes of at least 4 members (excludes halogenated alkanes) is 2. The third kappa shape index (κ3) is 5.89. The van der Waals surface area contributed by atoms with Gasteiger partial charge in [-0.1, -0.05) is 73.9 Å². The lowest BCUT2D eigenvalue weighted by atomic mass is 9.81. The third-order valence-electron chi connectivity index (χ3n) is 9.54. The Morgan fingerprint density at radius 2 is 1.70 bits per heavy atom. The molecule has 5 rings (SSSR count). The van der Waals surface area contributed by atoms with Gasteiger partial charge < -0.3 is 10.0 Å². The largest absolute Gasteiger partial charge is 0.481 e. The van der Waals surface area contributed by atoms with Crippen molar-refractivity contribution in [1.82, 2.24) is 0 Å². The van der Waals surface area contributed by atoms with Gasteiger partial charge in [-0.05, 0) is 80.3 Å². The fourth-order valence-electron chi connectivity index (χ4n) is 7.18. The van der Waals surface area contributed by atoms with Gasteiger partial charge >= 0.3 is 5.97 Å². The van der Waals surface area contributed by atoms with Crippen LogP contribution >= 0.6 is 0 Å². The predicted molar refractivity (Wildman–Crippen MR) is 179 cm³/mol. The number of aliphatic carboxylic acids is 1. The second kappa shape index (κ2) is 12.7. The summed E-state index contributed by atoms with van der Waals surface area (Å²) in [5.74, 6) is -0.738. The zero-order chi connectivity index (χ0) is 31.5. The van der Waals surface area contributed by atoms with Crippen LogP contribution in [0.15, 0.2) is 100 Å². The first kappa shape index (κ1) is 31.1. The van der Waals surface area contributed by atoms with Gasteiger partial charge in [-0.2, -0.15) is 4.58 Å². The summed E-state index contributed by atoms with van der Waals surface area (Å²) >= 11 is 0. The smallest absolute Gasteiger partial charge is 0.303 e. The highest BCUT2D eigenvalue weighted by Crippen LogP contribution is 2.48. The summed E-state index contributed by atoms with van der Waals surface area (Å²) in [4.78, 5) is 16.6. The van der Waals surface area contributed by atoms with Crippen LogP contribution in [0.2, 0.25) is 0 Å². The summed E-state index contributed by atoms with van der Waals surface area (Å²) in [6.45, 7) is 9.86. The molecule has 0 aromatic heterocycles. The third-order valence-corrected chi connectivity index (χ3v) is 9.54. The molecule has 0 amide bonds. The molecule has 2 heterocycles. The minimum absolute atomic E-state index is 0.126. The van der Waals surface area contributed by atoms with Gasteiger partial charge in [0.05, 0.1) is 5.41 Å². The molecule has 0 atom stereocenters. The fourth-order valence-corrected chi connectivity index (χ4v) is 7.18. The van der Waals surface area contributed by atoms with Crippen molar-refractivity contribution in [2.75, 3.05) is 18.5 Å². The normalized spacial score (nSPS) is 20.4. The van der Waals surface area contributed by atoms with Crippen molar-refractivity contribution in [2.24, 2.45) is 5.11 Å². The van der Waals surface area contributed by atoms with E-state index in [4.69, 9.17) is 5.11 Å². The van der Waals surface area contributed by atoms with Crippen LogP contribution in [0.25, 0.3) is 10.4 Å². The Kier molecular flexibility index (Phi) is 8.98. The Balaban J connectivity index is 1.47. The van der Waals surface area contributed by atoms with Crippen molar-refractivity contribution in [2.45, 2.75) is 83.5 Å². The number of fused-ring (bicyclic) bond motifs is 2. The molecule has 0 fully saturated rings. The van der Waals surface area contributed by atoms with Crippen LogP contribution in [0.4, 0.5) is 11.4 Å². The quantitative estimate of drug-likeness (QED) is 0.0983. The number of azide groups is 1. The fraction of sp³-hybridized carbons (Fsp3) is 0.405. The molecule has 1 N–H and O–H groups in total. The Morgan fingerprint density at radius 1 is 0.977 bits per heavy atom. The lowest BCUT2D eigenvalue weighted by molar-refractivity contribution is -0.401. The summed E-state index contributed by atoms with van der Waals surface area (Å²) in [6.07, 6.45) is 14.1. The highest BCUT2D eigenvalue weighted by Gasteiger charge is 2.42. The Labute approximate surface area is 261 Å². The topological polar surface area (TPSA) is 92.3 Å². The molecule has 7 nitrogen and oxygen atoms in total.